The number of nitrogens with zero attached hydrogens (tertiary/aromatic N) is 3. The molecule has 0 aliphatic heterocycles. The molecule has 0 fully saturated rings. The minimum absolute atomic E-state index is 0.0810. The number of halogens is 2. The van der Waals surface area contributed by atoms with Gasteiger partial charge in [-0.15, -0.1) is 0 Å². The van der Waals surface area contributed by atoms with Crippen LogP contribution in [-0.2, 0) is 0 Å². The van der Waals surface area contributed by atoms with Crippen LogP contribution in [0.3, 0.4) is 0 Å². The SMILES string of the molecule is CC(CCS)c1ncn(C(F)F)n1. The van der Waals surface area contributed by atoms with Gasteiger partial charge >= 0.3 is 6.55 Å². The van der Waals surface area contributed by atoms with Crippen molar-refractivity contribution in [2.75, 3.05) is 5.75 Å². The van der Waals surface area contributed by atoms with Crippen LogP contribution in [0.4, 0.5) is 8.78 Å². The average molecular weight is 207 g/mol. The highest BCUT2D eigenvalue weighted by Gasteiger charge is 2.13. The molecule has 1 rings (SSSR count). The zero-order valence-corrected chi connectivity index (χ0v) is 8.09. The third kappa shape index (κ3) is 2.65. The molecular formula is C7H11F2N3S. The van der Waals surface area contributed by atoms with E-state index in [1.54, 1.807) is 0 Å². The molecule has 0 aliphatic rings. The van der Waals surface area contributed by atoms with E-state index >= 15 is 0 Å². The summed E-state index contributed by atoms with van der Waals surface area (Å²) in [5.74, 6) is 1.23. The van der Waals surface area contributed by atoms with Gasteiger partial charge in [0.25, 0.3) is 0 Å². The van der Waals surface area contributed by atoms with E-state index < -0.39 is 6.55 Å². The van der Waals surface area contributed by atoms with Crippen LogP contribution in [-0.4, -0.2) is 20.5 Å². The molecule has 6 heteroatoms. The number of aromatic nitrogens is 3. The van der Waals surface area contributed by atoms with Gasteiger partial charge in [-0.1, -0.05) is 6.92 Å². The first-order chi connectivity index (χ1) is 6.15. The fraction of sp³-hybridized carbons (Fsp3) is 0.714. The summed E-state index contributed by atoms with van der Waals surface area (Å²) < 4.78 is 24.7. The minimum atomic E-state index is -2.61. The summed E-state index contributed by atoms with van der Waals surface area (Å²) in [5, 5.41) is 3.65. The lowest BCUT2D eigenvalue weighted by Crippen LogP contribution is -2.02. The first-order valence-electron chi connectivity index (χ1n) is 3.95. The summed E-state index contributed by atoms with van der Waals surface area (Å²) in [5.41, 5.74) is 0. The summed E-state index contributed by atoms with van der Waals surface area (Å²) in [7, 11) is 0. The molecule has 0 N–H and O–H groups in total. The molecule has 1 heterocycles. The molecule has 0 amide bonds. The lowest BCUT2D eigenvalue weighted by Gasteiger charge is -2.03. The number of thiol groups is 1. The van der Waals surface area contributed by atoms with E-state index in [0.717, 1.165) is 12.7 Å². The summed E-state index contributed by atoms with van der Waals surface area (Å²) in [6.45, 7) is -0.717. The van der Waals surface area contributed by atoms with Gasteiger partial charge in [-0.05, 0) is 12.2 Å². The van der Waals surface area contributed by atoms with Gasteiger partial charge in [-0.25, -0.2) is 4.98 Å². The molecule has 74 valence electrons. The molecule has 1 aromatic rings. The fourth-order valence-electron chi connectivity index (χ4n) is 0.931. The van der Waals surface area contributed by atoms with Crippen molar-refractivity contribution in [3.63, 3.8) is 0 Å². The van der Waals surface area contributed by atoms with Crippen molar-refractivity contribution in [3.05, 3.63) is 12.2 Å². The van der Waals surface area contributed by atoms with Crippen molar-refractivity contribution in [2.24, 2.45) is 0 Å². The first kappa shape index (κ1) is 10.4. The van der Waals surface area contributed by atoms with Crippen LogP contribution in [0.2, 0.25) is 0 Å². The van der Waals surface area contributed by atoms with Gasteiger partial charge in [0.15, 0.2) is 5.82 Å². The zero-order chi connectivity index (χ0) is 9.84. The predicted molar refractivity (Wildman–Crippen MR) is 48.2 cm³/mol. The second-order valence-electron chi connectivity index (χ2n) is 2.77. The van der Waals surface area contributed by atoms with Crippen molar-refractivity contribution in [1.29, 1.82) is 0 Å². The van der Waals surface area contributed by atoms with E-state index in [9.17, 15) is 8.78 Å². The van der Waals surface area contributed by atoms with Crippen molar-refractivity contribution >= 4 is 12.6 Å². The molecule has 13 heavy (non-hydrogen) atoms. The molecule has 0 saturated heterocycles. The molecule has 0 aromatic carbocycles. The van der Waals surface area contributed by atoms with Gasteiger partial charge in [-0.3, -0.25) is 0 Å². The maximum absolute atomic E-state index is 12.1. The number of rotatable bonds is 4. The standard InChI is InChI=1S/C7H11F2N3S/c1-5(2-3-13)6-10-4-12(11-6)7(8)9/h4-5,7,13H,2-3H2,1H3. The normalized spacial score (nSPS) is 13.6. The van der Waals surface area contributed by atoms with E-state index in [0.29, 0.717) is 16.3 Å². The molecule has 1 atom stereocenters. The third-order valence-electron chi connectivity index (χ3n) is 1.73. The third-order valence-corrected chi connectivity index (χ3v) is 1.99. The minimum Gasteiger partial charge on any atom is -0.220 e. The molecular weight excluding hydrogens is 196 g/mol. The van der Waals surface area contributed by atoms with Crippen LogP contribution in [0.15, 0.2) is 6.33 Å². The lowest BCUT2D eigenvalue weighted by molar-refractivity contribution is 0.0557. The Balaban J connectivity index is 2.67. The van der Waals surface area contributed by atoms with Gasteiger partial charge < -0.3 is 0 Å². The van der Waals surface area contributed by atoms with Crippen molar-refractivity contribution < 1.29 is 8.78 Å². The maximum atomic E-state index is 12.1. The van der Waals surface area contributed by atoms with Crippen LogP contribution in [0, 0.1) is 0 Å². The van der Waals surface area contributed by atoms with Gasteiger partial charge in [0.2, 0.25) is 0 Å². The van der Waals surface area contributed by atoms with Crippen LogP contribution in [0.25, 0.3) is 0 Å². The molecule has 1 aromatic heterocycles. The Labute approximate surface area is 80.6 Å². The number of alkyl halides is 2. The molecule has 0 saturated carbocycles. The molecule has 1 unspecified atom stereocenters. The van der Waals surface area contributed by atoms with E-state index in [4.69, 9.17) is 0 Å². The Morgan fingerprint density at radius 2 is 2.31 bits per heavy atom. The lowest BCUT2D eigenvalue weighted by atomic mass is 10.1. The fourth-order valence-corrected chi connectivity index (χ4v) is 1.32. The first-order valence-corrected chi connectivity index (χ1v) is 4.58. The molecule has 0 aliphatic carbocycles. The molecule has 0 bridgehead atoms. The maximum Gasteiger partial charge on any atom is 0.334 e. The Morgan fingerprint density at radius 3 is 2.77 bits per heavy atom. The van der Waals surface area contributed by atoms with E-state index in [1.165, 1.54) is 0 Å². The summed E-state index contributed by atoms with van der Waals surface area (Å²) in [6.07, 6.45) is 1.84. The Morgan fingerprint density at radius 1 is 1.62 bits per heavy atom. The van der Waals surface area contributed by atoms with Crippen molar-refractivity contribution in [3.8, 4) is 0 Å². The van der Waals surface area contributed by atoms with Crippen LogP contribution < -0.4 is 0 Å². The number of hydrogen-bond donors (Lipinski definition) is 1. The molecule has 0 radical (unpaired) electrons. The average Bonchev–Trinajstić information content (AvgIpc) is 2.52. The number of hydrogen-bond acceptors (Lipinski definition) is 3. The monoisotopic (exact) mass is 207 g/mol. The van der Waals surface area contributed by atoms with Crippen LogP contribution in [0.1, 0.15) is 31.6 Å². The summed E-state index contributed by atoms with van der Waals surface area (Å²) >= 11 is 4.05. The second kappa shape index (κ2) is 4.55. The predicted octanol–water partition coefficient (Wildman–Crippen LogP) is 2.10. The highest BCUT2D eigenvalue weighted by molar-refractivity contribution is 7.80. The topological polar surface area (TPSA) is 30.7 Å². The molecule has 0 spiro atoms. The molecule has 3 nitrogen and oxygen atoms in total. The zero-order valence-electron chi connectivity index (χ0n) is 7.19. The Hall–Kier alpha value is -0.650. The van der Waals surface area contributed by atoms with Gasteiger partial charge in [-0.2, -0.15) is 31.2 Å². The highest BCUT2D eigenvalue weighted by atomic mass is 32.1. The van der Waals surface area contributed by atoms with E-state index in [2.05, 4.69) is 22.7 Å². The van der Waals surface area contributed by atoms with Crippen molar-refractivity contribution in [2.45, 2.75) is 25.8 Å². The summed E-state index contributed by atoms with van der Waals surface area (Å²) in [4.78, 5) is 3.79. The quantitative estimate of drug-likeness (QED) is 0.766. The van der Waals surface area contributed by atoms with Gasteiger partial charge in [0.05, 0.1) is 0 Å². The second-order valence-corrected chi connectivity index (χ2v) is 3.22. The van der Waals surface area contributed by atoms with Gasteiger partial charge in [0.1, 0.15) is 6.33 Å². The summed E-state index contributed by atoms with van der Waals surface area (Å²) in [6, 6.07) is 0. The highest BCUT2D eigenvalue weighted by Crippen LogP contribution is 2.16. The Bertz CT molecular complexity index is 264. The van der Waals surface area contributed by atoms with E-state index in [-0.39, 0.29) is 5.92 Å². The smallest absolute Gasteiger partial charge is 0.220 e. The van der Waals surface area contributed by atoms with Crippen LogP contribution in [0.5, 0.6) is 0 Å². The van der Waals surface area contributed by atoms with Crippen molar-refractivity contribution in [1.82, 2.24) is 14.8 Å². The van der Waals surface area contributed by atoms with E-state index in [1.807, 2.05) is 6.92 Å². The van der Waals surface area contributed by atoms with Gasteiger partial charge in [0, 0.05) is 5.92 Å². The Kier molecular flexibility index (Phi) is 3.65. The largest absolute Gasteiger partial charge is 0.334 e. The van der Waals surface area contributed by atoms with Crippen LogP contribution >= 0.6 is 12.6 Å².